The first-order valence-electron chi connectivity index (χ1n) is 6.94. The third-order valence-corrected chi connectivity index (χ3v) is 3.03. The summed E-state index contributed by atoms with van der Waals surface area (Å²) in [4.78, 5) is 11.6. The molecule has 2 aromatic carbocycles. The van der Waals surface area contributed by atoms with E-state index in [1.54, 1.807) is 0 Å². The second-order valence-corrected chi connectivity index (χ2v) is 4.86. The number of amides is 1. The van der Waals surface area contributed by atoms with Crippen molar-refractivity contribution in [1.29, 1.82) is 0 Å². The molecule has 0 radical (unpaired) electrons. The van der Waals surface area contributed by atoms with Crippen LogP contribution < -0.4 is 10.7 Å². The highest BCUT2D eigenvalue weighted by atomic mass is 19.4. The summed E-state index contributed by atoms with van der Waals surface area (Å²) in [5.41, 5.74) is 0.827. The van der Waals surface area contributed by atoms with Gasteiger partial charge in [-0.1, -0.05) is 12.1 Å². The van der Waals surface area contributed by atoms with E-state index >= 15 is 0 Å². The first kappa shape index (κ1) is 18.4. The summed E-state index contributed by atoms with van der Waals surface area (Å²) in [6, 6.07) is 7.55. The van der Waals surface area contributed by atoms with Crippen LogP contribution in [-0.4, -0.2) is 18.7 Å². The van der Waals surface area contributed by atoms with Crippen LogP contribution in [0.2, 0.25) is 0 Å². The minimum absolute atomic E-state index is 0.0918. The lowest BCUT2D eigenvalue weighted by atomic mass is 10.2. The van der Waals surface area contributed by atoms with Crippen LogP contribution in [0.15, 0.2) is 47.6 Å². The van der Waals surface area contributed by atoms with Crippen LogP contribution in [-0.2, 0) is 11.0 Å². The number of carbonyl (C=O) groups is 1. The molecule has 0 aliphatic heterocycles. The molecule has 0 heterocycles. The largest absolute Gasteiger partial charge is 0.416 e. The summed E-state index contributed by atoms with van der Waals surface area (Å²) in [5.74, 6) is -2.40. The lowest BCUT2D eigenvalue weighted by molar-refractivity contribution is -0.137. The van der Waals surface area contributed by atoms with Gasteiger partial charge in [-0.15, -0.1) is 0 Å². The Morgan fingerprint density at radius 3 is 2.36 bits per heavy atom. The highest BCUT2D eigenvalue weighted by Crippen LogP contribution is 2.30. The molecule has 0 saturated heterocycles. The summed E-state index contributed by atoms with van der Waals surface area (Å²) in [6.45, 7) is -0.377. The molecular weight excluding hydrogens is 345 g/mol. The molecule has 25 heavy (non-hydrogen) atoms. The normalized spacial score (nSPS) is 11.6. The van der Waals surface area contributed by atoms with Crippen LogP contribution in [0.4, 0.5) is 27.6 Å². The fourth-order valence-electron chi connectivity index (χ4n) is 1.83. The van der Waals surface area contributed by atoms with Gasteiger partial charge in [0, 0.05) is 5.69 Å². The number of benzene rings is 2. The van der Waals surface area contributed by atoms with Gasteiger partial charge in [0.25, 0.3) is 5.91 Å². The van der Waals surface area contributed by atoms with E-state index in [4.69, 9.17) is 0 Å². The zero-order valence-electron chi connectivity index (χ0n) is 12.6. The molecule has 2 rings (SSSR count). The SMILES string of the molecule is O=C(CNc1cccc(C(F)(F)F)c1)NN=Cc1c(F)cccc1F. The molecule has 2 N–H and O–H groups in total. The van der Waals surface area contributed by atoms with Gasteiger partial charge < -0.3 is 5.32 Å². The van der Waals surface area contributed by atoms with Crippen molar-refractivity contribution in [3.8, 4) is 0 Å². The number of anilines is 1. The molecule has 0 bridgehead atoms. The zero-order chi connectivity index (χ0) is 18.4. The zero-order valence-corrected chi connectivity index (χ0v) is 12.6. The number of halogens is 5. The summed E-state index contributed by atoms with van der Waals surface area (Å²) < 4.78 is 64.4. The number of hydrazone groups is 1. The van der Waals surface area contributed by atoms with Gasteiger partial charge in [-0.05, 0) is 30.3 Å². The minimum atomic E-state index is -4.49. The molecule has 0 aliphatic carbocycles. The van der Waals surface area contributed by atoms with E-state index in [1.165, 1.54) is 18.2 Å². The van der Waals surface area contributed by atoms with Gasteiger partial charge in [0.15, 0.2) is 0 Å². The van der Waals surface area contributed by atoms with Gasteiger partial charge in [0.05, 0.1) is 23.9 Å². The van der Waals surface area contributed by atoms with Crippen LogP contribution in [0.5, 0.6) is 0 Å². The maximum Gasteiger partial charge on any atom is 0.416 e. The second kappa shape index (κ2) is 7.73. The molecule has 0 aromatic heterocycles. The van der Waals surface area contributed by atoms with E-state index < -0.39 is 34.8 Å². The van der Waals surface area contributed by atoms with Crippen LogP contribution in [0.25, 0.3) is 0 Å². The molecule has 0 atom stereocenters. The number of nitrogens with one attached hydrogen (secondary N) is 2. The second-order valence-electron chi connectivity index (χ2n) is 4.86. The van der Waals surface area contributed by atoms with Gasteiger partial charge in [-0.3, -0.25) is 4.79 Å². The number of hydrogen-bond donors (Lipinski definition) is 2. The van der Waals surface area contributed by atoms with Gasteiger partial charge >= 0.3 is 6.18 Å². The van der Waals surface area contributed by atoms with E-state index in [1.807, 2.05) is 5.43 Å². The lowest BCUT2D eigenvalue weighted by Gasteiger charge is -2.10. The molecule has 0 unspecified atom stereocenters. The lowest BCUT2D eigenvalue weighted by Crippen LogP contribution is -2.26. The van der Waals surface area contributed by atoms with Crippen molar-refractivity contribution in [1.82, 2.24) is 5.43 Å². The Labute approximate surface area is 139 Å². The highest BCUT2D eigenvalue weighted by Gasteiger charge is 2.30. The Morgan fingerprint density at radius 2 is 1.72 bits per heavy atom. The number of hydrogen-bond acceptors (Lipinski definition) is 3. The van der Waals surface area contributed by atoms with E-state index in [9.17, 15) is 26.7 Å². The van der Waals surface area contributed by atoms with Gasteiger partial charge in [-0.2, -0.15) is 18.3 Å². The predicted octanol–water partition coefficient (Wildman–Crippen LogP) is 3.55. The summed E-state index contributed by atoms with van der Waals surface area (Å²) in [6.07, 6.45) is -3.69. The third-order valence-electron chi connectivity index (χ3n) is 3.03. The monoisotopic (exact) mass is 357 g/mol. The average Bonchev–Trinajstić information content (AvgIpc) is 2.55. The van der Waals surface area contributed by atoms with Crippen LogP contribution >= 0.6 is 0 Å². The first-order chi connectivity index (χ1) is 11.8. The molecule has 2 aromatic rings. The van der Waals surface area contributed by atoms with E-state index in [0.29, 0.717) is 0 Å². The predicted molar refractivity (Wildman–Crippen MR) is 82.0 cm³/mol. The number of nitrogens with zero attached hydrogens (tertiary/aromatic N) is 1. The van der Waals surface area contributed by atoms with Crippen molar-refractivity contribution in [3.05, 3.63) is 65.2 Å². The maximum absolute atomic E-state index is 13.3. The van der Waals surface area contributed by atoms with E-state index in [2.05, 4.69) is 10.4 Å². The number of carbonyl (C=O) groups excluding carboxylic acids is 1. The molecule has 9 heteroatoms. The molecule has 4 nitrogen and oxygen atoms in total. The Hall–Kier alpha value is -2.97. The Bertz CT molecular complexity index is 769. The number of alkyl halides is 3. The highest BCUT2D eigenvalue weighted by molar-refractivity contribution is 5.84. The fraction of sp³-hybridized carbons (Fsp3) is 0.125. The van der Waals surface area contributed by atoms with E-state index in [-0.39, 0.29) is 12.2 Å². The molecular formula is C16H12F5N3O. The molecule has 132 valence electrons. The topological polar surface area (TPSA) is 53.5 Å². The van der Waals surface area contributed by atoms with Crippen molar-refractivity contribution in [2.45, 2.75) is 6.18 Å². The minimum Gasteiger partial charge on any atom is -0.376 e. The summed E-state index contributed by atoms with van der Waals surface area (Å²) in [5, 5.41) is 5.90. The number of rotatable bonds is 5. The Morgan fingerprint density at radius 1 is 1.08 bits per heavy atom. The fourth-order valence-corrected chi connectivity index (χ4v) is 1.83. The summed E-state index contributed by atoms with van der Waals surface area (Å²) in [7, 11) is 0. The quantitative estimate of drug-likeness (QED) is 0.489. The van der Waals surface area contributed by atoms with Crippen LogP contribution in [0, 0.1) is 11.6 Å². The third kappa shape index (κ3) is 5.27. The molecule has 0 saturated carbocycles. The summed E-state index contributed by atoms with van der Waals surface area (Å²) >= 11 is 0. The van der Waals surface area contributed by atoms with Gasteiger partial charge in [0.1, 0.15) is 11.6 Å². The molecule has 1 amide bonds. The van der Waals surface area contributed by atoms with E-state index in [0.717, 1.165) is 30.5 Å². The van der Waals surface area contributed by atoms with Gasteiger partial charge in [0.2, 0.25) is 0 Å². The van der Waals surface area contributed by atoms with Crippen molar-refractivity contribution in [2.75, 3.05) is 11.9 Å². The van der Waals surface area contributed by atoms with Crippen molar-refractivity contribution in [3.63, 3.8) is 0 Å². The average molecular weight is 357 g/mol. The smallest absolute Gasteiger partial charge is 0.376 e. The molecule has 0 fully saturated rings. The standard InChI is InChI=1S/C16H12F5N3O/c17-13-5-2-6-14(18)12(13)8-23-24-15(25)9-22-11-4-1-3-10(7-11)16(19,20)21/h1-8,22H,9H2,(H,24,25). The van der Waals surface area contributed by atoms with Crippen LogP contribution in [0.1, 0.15) is 11.1 Å². The van der Waals surface area contributed by atoms with Crippen molar-refractivity contribution < 1.29 is 26.7 Å². The Balaban J connectivity index is 1.90. The molecule has 0 spiro atoms. The Kier molecular flexibility index (Phi) is 5.68. The first-order valence-corrected chi connectivity index (χ1v) is 6.94. The van der Waals surface area contributed by atoms with Gasteiger partial charge in [-0.25, -0.2) is 14.2 Å². The van der Waals surface area contributed by atoms with Crippen molar-refractivity contribution in [2.24, 2.45) is 5.10 Å². The van der Waals surface area contributed by atoms with Crippen LogP contribution in [0.3, 0.4) is 0 Å². The molecule has 0 aliphatic rings. The maximum atomic E-state index is 13.3. The van der Waals surface area contributed by atoms with Crippen molar-refractivity contribution >= 4 is 17.8 Å².